The third kappa shape index (κ3) is 6.19. The molecule has 0 amide bonds. The zero-order valence-electron chi connectivity index (χ0n) is 38.1. The number of hydrogen-bond donors (Lipinski definition) is 0. The normalized spacial score (nSPS) is 12.7. The molecule has 0 fully saturated rings. The molecular weight excluding hydrogens is 867 g/mol. The number of thiophene rings is 1. The average Bonchev–Trinajstić information content (AvgIpc) is 4.10. The summed E-state index contributed by atoms with van der Waals surface area (Å²) in [6.07, 6.45) is 0. The van der Waals surface area contributed by atoms with Crippen LogP contribution in [-0.2, 0) is 5.41 Å². The molecule has 0 N–H and O–H groups in total. The molecule has 0 unspecified atom stereocenters. The van der Waals surface area contributed by atoms with Crippen LogP contribution in [0.25, 0.3) is 86.6 Å². The number of anilines is 3. The second-order valence-electron chi connectivity index (χ2n) is 18.3. The molecule has 11 aromatic carbocycles. The minimum atomic E-state index is -0.572. The molecule has 0 saturated carbocycles. The molecule has 0 saturated heterocycles. The Hall–Kier alpha value is -8.76. The highest BCUT2D eigenvalue weighted by Crippen LogP contribution is 2.57. The molecule has 2 nitrogen and oxygen atoms in total. The van der Waals surface area contributed by atoms with E-state index in [1.54, 1.807) is 0 Å². The van der Waals surface area contributed by atoms with Gasteiger partial charge in [-0.1, -0.05) is 200 Å². The van der Waals surface area contributed by atoms with Gasteiger partial charge in [-0.2, -0.15) is 0 Å². The first kappa shape index (κ1) is 40.3. The summed E-state index contributed by atoms with van der Waals surface area (Å²) in [4.78, 5) is 2.51. The Labute approximate surface area is 410 Å². The maximum absolute atomic E-state index is 6.79. The van der Waals surface area contributed by atoms with Crippen LogP contribution in [0.4, 0.5) is 17.1 Å². The molecule has 328 valence electrons. The standard InChI is InChI=1S/C67H43NOS/c1-4-19-44(20-5-1)46-37-39-61-55(41-46)65-59(33-17-35-62(65)69-61)68(50-26-16-25-49(43-50)67(48-23-8-3-9-24-48)57-31-14-12-29-53(57)54-30-13-15-32-58(54)67)60-34-18-36-64-66(60)56-42-47(38-40-63(56)70-64)52-28-11-10-27-51(52)45-21-6-2-7-22-45/h1-43H. The van der Waals surface area contributed by atoms with E-state index in [0.717, 1.165) is 44.6 Å². The van der Waals surface area contributed by atoms with Crippen molar-refractivity contribution >= 4 is 70.5 Å². The molecule has 3 heteroatoms. The van der Waals surface area contributed by atoms with Crippen molar-refractivity contribution in [3.63, 3.8) is 0 Å². The first-order chi connectivity index (χ1) is 34.7. The lowest BCUT2D eigenvalue weighted by Crippen LogP contribution is -2.28. The summed E-state index contributed by atoms with van der Waals surface area (Å²) in [5.41, 5.74) is 19.1. The smallest absolute Gasteiger partial charge is 0.137 e. The van der Waals surface area contributed by atoms with Gasteiger partial charge in [-0.25, -0.2) is 0 Å². The van der Waals surface area contributed by atoms with E-state index in [2.05, 4.69) is 266 Å². The topological polar surface area (TPSA) is 16.4 Å². The van der Waals surface area contributed by atoms with E-state index < -0.39 is 5.41 Å². The zero-order chi connectivity index (χ0) is 46.2. The van der Waals surface area contributed by atoms with Gasteiger partial charge in [0.05, 0.1) is 22.2 Å². The number of benzene rings is 11. The molecule has 1 aliphatic rings. The van der Waals surface area contributed by atoms with Crippen LogP contribution in [-0.4, -0.2) is 0 Å². The molecule has 2 aromatic heterocycles. The fourth-order valence-electron chi connectivity index (χ4n) is 11.6. The summed E-state index contributed by atoms with van der Waals surface area (Å²) >= 11 is 1.86. The van der Waals surface area contributed by atoms with E-state index in [0.29, 0.717) is 0 Å². The molecule has 1 aliphatic carbocycles. The Balaban J connectivity index is 1.06. The fraction of sp³-hybridized carbons (Fsp3) is 0.0149. The molecule has 13 aromatic rings. The second kappa shape index (κ2) is 16.2. The number of furan rings is 1. The number of hydrogen-bond acceptors (Lipinski definition) is 3. The van der Waals surface area contributed by atoms with Crippen LogP contribution < -0.4 is 4.90 Å². The summed E-state index contributed by atoms with van der Waals surface area (Å²) < 4.78 is 9.28. The van der Waals surface area contributed by atoms with Crippen molar-refractivity contribution in [3.8, 4) is 44.5 Å². The van der Waals surface area contributed by atoms with Crippen molar-refractivity contribution in [2.75, 3.05) is 4.90 Å². The van der Waals surface area contributed by atoms with Crippen LogP contribution in [0, 0.1) is 0 Å². The molecule has 0 radical (unpaired) electrons. The van der Waals surface area contributed by atoms with Gasteiger partial charge < -0.3 is 9.32 Å². The van der Waals surface area contributed by atoms with Gasteiger partial charge in [0.15, 0.2) is 0 Å². The van der Waals surface area contributed by atoms with Crippen LogP contribution in [0.1, 0.15) is 22.3 Å². The summed E-state index contributed by atoms with van der Waals surface area (Å²) in [5, 5.41) is 4.60. The molecule has 14 rings (SSSR count). The van der Waals surface area contributed by atoms with E-state index >= 15 is 0 Å². The first-order valence-electron chi connectivity index (χ1n) is 24.0. The monoisotopic (exact) mass is 909 g/mol. The molecule has 0 spiro atoms. The number of rotatable bonds is 8. The molecule has 0 aliphatic heterocycles. The van der Waals surface area contributed by atoms with Gasteiger partial charge in [-0.05, 0) is 127 Å². The van der Waals surface area contributed by atoms with Crippen molar-refractivity contribution in [2.24, 2.45) is 0 Å². The largest absolute Gasteiger partial charge is 0.456 e. The van der Waals surface area contributed by atoms with Crippen LogP contribution >= 0.6 is 11.3 Å². The van der Waals surface area contributed by atoms with Gasteiger partial charge in [0, 0.05) is 31.2 Å². The quantitative estimate of drug-likeness (QED) is 0.151. The van der Waals surface area contributed by atoms with E-state index in [1.165, 1.54) is 81.4 Å². The van der Waals surface area contributed by atoms with Gasteiger partial charge in [0.25, 0.3) is 0 Å². The Morgan fingerprint density at radius 1 is 0.329 bits per heavy atom. The van der Waals surface area contributed by atoms with Gasteiger partial charge in [0.2, 0.25) is 0 Å². The Kier molecular flexibility index (Phi) is 9.33. The molecule has 0 atom stereocenters. The van der Waals surface area contributed by atoms with Crippen molar-refractivity contribution in [1.82, 2.24) is 0 Å². The summed E-state index contributed by atoms with van der Waals surface area (Å²) in [6.45, 7) is 0. The van der Waals surface area contributed by atoms with E-state index in [9.17, 15) is 0 Å². The van der Waals surface area contributed by atoms with E-state index in [-0.39, 0.29) is 0 Å². The SMILES string of the molecule is c1ccc(-c2ccc3oc4cccc(N(c5cccc(C6(c7ccccc7)c7ccccc7-c7ccccc76)c5)c5cccc6sc7ccc(-c8ccccc8-c8ccccc8)cc7c56)c4c3c2)cc1. The van der Waals surface area contributed by atoms with Crippen LogP contribution in [0.3, 0.4) is 0 Å². The van der Waals surface area contributed by atoms with Crippen molar-refractivity contribution in [3.05, 3.63) is 283 Å². The highest BCUT2D eigenvalue weighted by Gasteiger charge is 2.46. The van der Waals surface area contributed by atoms with E-state index in [4.69, 9.17) is 4.42 Å². The van der Waals surface area contributed by atoms with Gasteiger partial charge in [-0.3, -0.25) is 0 Å². The van der Waals surface area contributed by atoms with Crippen LogP contribution in [0.5, 0.6) is 0 Å². The third-order valence-corrected chi connectivity index (χ3v) is 15.7. The average molecular weight is 910 g/mol. The highest BCUT2D eigenvalue weighted by molar-refractivity contribution is 7.26. The Bertz CT molecular complexity index is 4080. The highest BCUT2D eigenvalue weighted by atomic mass is 32.1. The van der Waals surface area contributed by atoms with Crippen LogP contribution in [0.15, 0.2) is 265 Å². The summed E-state index contributed by atoms with van der Waals surface area (Å²) in [5.74, 6) is 0. The lowest BCUT2D eigenvalue weighted by atomic mass is 9.67. The third-order valence-electron chi connectivity index (χ3n) is 14.6. The molecule has 70 heavy (non-hydrogen) atoms. The lowest BCUT2D eigenvalue weighted by Gasteiger charge is -2.35. The predicted molar refractivity (Wildman–Crippen MR) is 295 cm³/mol. The summed E-state index contributed by atoms with van der Waals surface area (Å²) in [6, 6.07) is 95.6. The Morgan fingerprint density at radius 3 is 1.61 bits per heavy atom. The number of nitrogens with zero attached hydrogens (tertiary/aromatic N) is 1. The lowest BCUT2D eigenvalue weighted by molar-refractivity contribution is 0.669. The van der Waals surface area contributed by atoms with Gasteiger partial charge in [0.1, 0.15) is 11.2 Å². The maximum atomic E-state index is 6.79. The van der Waals surface area contributed by atoms with Gasteiger partial charge in [-0.15, -0.1) is 11.3 Å². The summed E-state index contributed by atoms with van der Waals surface area (Å²) in [7, 11) is 0. The maximum Gasteiger partial charge on any atom is 0.137 e. The van der Waals surface area contributed by atoms with Crippen molar-refractivity contribution in [2.45, 2.75) is 5.41 Å². The van der Waals surface area contributed by atoms with Crippen molar-refractivity contribution < 1.29 is 4.42 Å². The molecule has 2 heterocycles. The minimum absolute atomic E-state index is 0.572. The zero-order valence-corrected chi connectivity index (χ0v) is 38.9. The number of fused-ring (bicyclic) bond motifs is 9. The van der Waals surface area contributed by atoms with Crippen LogP contribution in [0.2, 0.25) is 0 Å². The predicted octanol–water partition coefficient (Wildman–Crippen LogP) is 18.8. The van der Waals surface area contributed by atoms with Gasteiger partial charge >= 0.3 is 0 Å². The second-order valence-corrected chi connectivity index (χ2v) is 19.4. The van der Waals surface area contributed by atoms with E-state index in [1.807, 2.05) is 11.3 Å². The fourth-order valence-corrected chi connectivity index (χ4v) is 12.7. The first-order valence-corrected chi connectivity index (χ1v) is 24.8. The molecule has 0 bridgehead atoms. The molecular formula is C67H43NOS. The van der Waals surface area contributed by atoms with Crippen molar-refractivity contribution in [1.29, 1.82) is 0 Å². The Morgan fingerprint density at radius 2 is 0.886 bits per heavy atom. The minimum Gasteiger partial charge on any atom is -0.456 e.